The van der Waals surface area contributed by atoms with Gasteiger partial charge in [0.05, 0.1) is 5.02 Å². The molecule has 13 heteroatoms. The second-order valence-corrected chi connectivity index (χ2v) is 15.4. The molecule has 1 unspecified atom stereocenters. The zero-order valence-corrected chi connectivity index (χ0v) is 29.1. The number of para-hydroxylation sites is 1. The number of hydrogen-bond donors (Lipinski definition) is 0. The molecule has 3 heterocycles. The molecule has 2 fully saturated rings. The van der Waals surface area contributed by atoms with Crippen LogP contribution in [0.15, 0.2) is 41.3 Å². The number of rotatable bonds is 6. The van der Waals surface area contributed by atoms with E-state index in [1.165, 1.54) is 16.4 Å². The molecule has 2 saturated heterocycles. The average molecular weight is 692 g/mol. The van der Waals surface area contributed by atoms with E-state index in [-0.39, 0.29) is 40.5 Å². The van der Waals surface area contributed by atoms with Gasteiger partial charge in [-0.25, -0.2) is 18.2 Å². The maximum absolute atomic E-state index is 14.1. The van der Waals surface area contributed by atoms with Gasteiger partial charge in [-0.3, -0.25) is 4.79 Å². The van der Waals surface area contributed by atoms with Crippen LogP contribution in [0.1, 0.15) is 56.9 Å². The number of halogens is 2. The van der Waals surface area contributed by atoms with Gasteiger partial charge in [-0.1, -0.05) is 35.3 Å². The molecule has 0 saturated carbocycles. The van der Waals surface area contributed by atoms with Crippen LogP contribution in [-0.4, -0.2) is 83.9 Å². The number of carbonyl (C=O) groups is 2. The number of aryl methyl sites for hydroxylation is 2. The summed E-state index contributed by atoms with van der Waals surface area (Å²) < 4.78 is 41.1. The molecular formula is C33H40Cl2N4O6S. The standard InChI is InChI=1S/C33H40Cl2N4O6S/c1-21-19-22(2)36-30-23(21)9-6-11-27(30)44-20-24-25(34)12-13-28(29(24)35)46(42,43)39-16-7-10-26(39)31(40)37-14-8-15-38(18-17-37)32(41)45-33(3,4)5/h6,9,11-13,19,26H,7-8,10,14-18,20H2,1-5H3. The lowest BCUT2D eigenvalue weighted by Crippen LogP contribution is -2.49. The van der Waals surface area contributed by atoms with Crippen molar-refractivity contribution in [1.82, 2.24) is 19.1 Å². The summed E-state index contributed by atoms with van der Waals surface area (Å²) in [5.74, 6) is 0.243. The highest BCUT2D eigenvalue weighted by atomic mass is 35.5. The SMILES string of the molecule is Cc1cc(C)c2cccc(OCc3c(Cl)ccc(S(=O)(=O)N4CCCC4C(=O)N4CCCN(C(=O)OC(C)(C)C)CC4)c3Cl)c2n1. The smallest absolute Gasteiger partial charge is 0.410 e. The van der Waals surface area contributed by atoms with Gasteiger partial charge in [-0.2, -0.15) is 4.31 Å². The lowest BCUT2D eigenvalue weighted by molar-refractivity contribution is -0.134. The van der Waals surface area contributed by atoms with E-state index >= 15 is 0 Å². The van der Waals surface area contributed by atoms with Crippen LogP contribution >= 0.6 is 23.2 Å². The molecule has 248 valence electrons. The summed E-state index contributed by atoms with van der Waals surface area (Å²) in [7, 11) is -4.18. The van der Waals surface area contributed by atoms with Crippen molar-refractivity contribution >= 4 is 56.1 Å². The fraction of sp³-hybridized carbons (Fsp3) is 0.485. The van der Waals surface area contributed by atoms with Crippen LogP contribution in [0, 0.1) is 13.8 Å². The van der Waals surface area contributed by atoms with Crippen molar-refractivity contribution in [2.75, 3.05) is 32.7 Å². The van der Waals surface area contributed by atoms with Gasteiger partial charge in [0.25, 0.3) is 0 Å². The number of ether oxygens (including phenoxy) is 2. The number of aromatic nitrogens is 1. The van der Waals surface area contributed by atoms with Crippen molar-refractivity contribution < 1.29 is 27.5 Å². The molecule has 0 radical (unpaired) electrons. The number of fused-ring (bicyclic) bond motifs is 1. The van der Waals surface area contributed by atoms with E-state index in [1.807, 2.05) is 32.0 Å². The van der Waals surface area contributed by atoms with Crippen molar-refractivity contribution in [1.29, 1.82) is 0 Å². The largest absolute Gasteiger partial charge is 0.487 e. The van der Waals surface area contributed by atoms with E-state index in [4.69, 9.17) is 32.7 Å². The zero-order chi connectivity index (χ0) is 33.4. The molecule has 1 atom stereocenters. The minimum absolute atomic E-state index is 0.0473. The van der Waals surface area contributed by atoms with Crippen molar-refractivity contribution in [2.45, 2.75) is 77.0 Å². The number of nitrogens with zero attached hydrogens (tertiary/aromatic N) is 4. The topological polar surface area (TPSA) is 109 Å². The lowest BCUT2D eigenvalue weighted by Gasteiger charge is -2.30. The van der Waals surface area contributed by atoms with Crippen LogP contribution in [-0.2, 0) is 26.2 Å². The number of benzene rings is 2. The fourth-order valence-corrected chi connectivity index (χ4v) is 8.50. The van der Waals surface area contributed by atoms with Crippen LogP contribution in [0.5, 0.6) is 5.75 Å². The number of pyridine rings is 1. The lowest BCUT2D eigenvalue weighted by atomic mass is 10.1. The van der Waals surface area contributed by atoms with Crippen LogP contribution in [0.4, 0.5) is 4.79 Å². The number of carbonyl (C=O) groups excluding carboxylic acids is 2. The van der Waals surface area contributed by atoms with E-state index in [0.717, 1.165) is 16.6 Å². The minimum Gasteiger partial charge on any atom is -0.487 e. The van der Waals surface area contributed by atoms with Crippen molar-refractivity contribution in [3.63, 3.8) is 0 Å². The molecule has 2 aliphatic heterocycles. The van der Waals surface area contributed by atoms with Crippen molar-refractivity contribution in [3.05, 3.63) is 63.3 Å². The fourth-order valence-electron chi connectivity index (χ4n) is 5.99. The first-order chi connectivity index (χ1) is 21.7. The highest BCUT2D eigenvalue weighted by molar-refractivity contribution is 7.89. The molecule has 0 aliphatic carbocycles. The minimum atomic E-state index is -4.18. The van der Waals surface area contributed by atoms with Gasteiger partial charge in [0, 0.05) is 54.4 Å². The van der Waals surface area contributed by atoms with Crippen LogP contribution in [0.25, 0.3) is 10.9 Å². The predicted molar refractivity (Wildman–Crippen MR) is 178 cm³/mol. The molecule has 0 spiro atoms. The molecule has 2 aliphatic rings. The maximum Gasteiger partial charge on any atom is 0.410 e. The van der Waals surface area contributed by atoms with Crippen molar-refractivity contribution in [2.24, 2.45) is 0 Å². The Labute approximate surface area is 280 Å². The summed E-state index contributed by atoms with van der Waals surface area (Å²) in [5, 5.41) is 1.16. The monoisotopic (exact) mass is 690 g/mol. The average Bonchev–Trinajstić information content (AvgIpc) is 3.35. The third-order valence-electron chi connectivity index (χ3n) is 8.19. The van der Waals surface area contributed by atoms with Gasteiger partial charge in [0.15, 0.2) is 0 Å². The molecule has 2 aromatic carbocycles. The molecule has 0 bridgehead atoms. The van der Waals surface area contributed by atoms with E-state index in [0.29, 0.717) is 55.7 Å². The van der Waals surface area contributed by atoms with Crippen molar-refractivity contribution in [3.8, 4) is 5.75 Å². The van der Waals surface area contributed by atoms with Crippen LogP contribution in [0.2, 0.25) is 10.0 Å². The van der Waals surface area contributed by atoms with Gasteiger partial charge in [0.2, 0.25) is 15.9 Å². The molecule has 46 heavy (non-hydrogen) atoms. The Morgan fingerprint density at radius 1 is 0.978 bits per heavy atom. The van der Waals surface area contributed by atoms with E-state index in [2.05, 4.69) is 4.98 Å². The first-order valence-corrected chi connectivity index (χ1v) is 17.6. The summed E-state index contributed by atoms with van der Waals surface area (Å²) >= 11 is 13.3. The normalized spacial score (nSPS) is 18.1. The molecule has 2 amide bonds. The van der Waals surface area contributed by atoms with Gasteiger partial charge < -0.3 is 19.3 Å². The molecule has 5 rings (SSSR count). The molecule has 1 aromatic heterocycles. The Hall–Kier alpha value is -3.12. The third kappa shape index (κ3) is 7.22. The Morgan fingerprint density at radius 3 is 2.43 bits per heavy atom. The van der Waals surface area contributed by atoms with Gasteiger partial charge in [-0.15, -0.1) is 0 Å². The maximum atomic E-state index is 14.1. The number of amides is 2. The second kappa shape index (κ2) is 13.5. The summed E-state index contributed by atoms with van der Waals surface area (Å²) in [6, 6.07) is 9.62. The van der Waals surface area contributed by atoms with E-state index in [9.17, 15) is 18.0 Å². The summed E-state index contributed by atoms with van der Waals surface area (Å²) in [6.07, 6.45) is 1.05. The first-order valence-electron chi connectivity index (χ1n) is 15.4. The van der Waals surface area contributed by atoms with E-state index < -0.39 is 27.8 Å². The Balaban J connectivity index is 1.34. The molecule has 0 N–H and O–H groups in total. The summed E-state index contributed by atoms with van der Waals surface area (Å²) in [6.45, 7) is 10.9. The Kier molecular flexibility index (Phi) is 10.1. The van der Waals surface area contributed by atoms with Gasteiger partial charge >= 0.3 is 6.09 Å². The second-order valence-electron chi connectivity index (χ2n) is 12.8. The number of sulfonamides is 1. The summed E-state index contributed by atoms with van der Waals surface area (Å²) in [5.41, 5.74) is 2.30. The zero-order valence-electron chi connectivity index (χ0n) is 26.8. The van der Waals surface area contributed by atoms with E-state index in [1.54, 1.807) is 36.6 Å². The van der Waals surface area contributed by atoms with Crippen LogP contribution < -0.4 is 4.74 Å². The highest BCUT2D eigenvalue weighted by Crippen LogP contribution is 2.37. The molecule has 10 nitrogen and oxygen atoms in total. The molecular weight excluding hydrogens is 651 g/mol. The van der Waals surface area contributed by atoms with Gasteiger partial charge in [-0.05, 0) is 83.7 Å². The third-order valence-corrected chi connectivity index (χ3v) is 11.0. The summed E-state index contributed by atoms with van der Waals surface area (Å²) in [4.78, 5) is 34.1. The highest BCUT2D eigenvalue weighted by Gasteiger charge is 2.42. The quantitative estimate of drug-likeness (QED) is 0.296. The molecule has 3 aromatic rings. The predicted octanol–water partition coefficient (Wildman–Crippen LogP) is 6.36. The number of hydrogen-bond acceptors (Lipinski definition) is 7. The first kappa shape index (κ1) is 34.2. The van der Waals surface area contributed by atoms with Gasteiger partial charge in [0.1, 0.15) is 34.4 Å². The van der Waals surface area contributed by atoms with Crippen LogP contribution in [0.3, 0.4) is 0 Å². The Morgan fingerprint density at radius 2 is 1.70 bits per heavy atom. The Bertz CT molecular complexity index is 1760.